The zero-order chi connectivity index (χ0) is 22.2. The molecule has 8 heteroatoms. The normalized spacial score (nSPS) is 14.5. The molecular formula is C23H29N3O5. The summed E-state index contributed by atoms with van der Waals surface area (Å²) in [7, 11) is 4.71. The number of piperidine rings is 1. The lowest BCUT2D eigenvalue weighted by molar-refractivity contribution is -0.121. The molecule has 0 bridgehead atoms. The Bertz CT molecular complexity index is 888. The van der Waals surface area contributed by atoms with E-state index in [1.807, 2.05) is 24.3 Å². The number of nitrogens with zero attached hydrogens (tertiary/aromatic N) is 1. The summed E-state index contributed by atoms with van der Waals surface area (Å²) in [4.78, 5) is 27.2. The van der Waals surface area contributed by atoms with Gasteiger partial charge in [-0.1, -0.05) is 12.1 Å². The van der Waals surface area contributed by atoms with E-state index in [1.54, 1.807) is 39.5 Å². The zero-order valence-corrected chi connectivity index (χ0v) is 18.1. The third-order valence-corrected chi connectivity index (χ3v) is 5.33. The third kappa shape index (κ3) is 6.11. The van der Waals surface area contributed by atoms with Crippen LogP contribution in [0.3, 0.4) is 0 Å². The third-order valence-electron chi connectivity index (χ3n) is 5.33. The summed E-state index contributed by atoms with van der Waals surface area (Å²) in [5.41, 5.74) is 1.29. The summed E-state index contributed by atoms with van der Waals surface area (Å²) in [6.45, 7) is 1.62. The first-order valence-corrected chi connectivity index (χ1v) is 10.2. The number of likely N-dealkylation sites (tertiary alicyclic amines) is 1. The first kappa shape index (κ1) is 22.4. The molecule has 2 aromatic carbocycles. The van der Waals surface area contributed by atoms with E-state index in [-0.39, 0.29) is 24.3 Å². The van der Waals surface area contributed by atoms with Crippen LogP contribution in [0.2, 0.25) is 0 Å². The number of carbonyl (C=O) groups excluding carboxylic acids is 2. The molecule has 0 spiro atoms. The van der Waals surface area contributed by atoms with Crippen molar-refractivity contribution in [1.82, 2.24) is 4.90 Å². The molecule has 8 nitrogen and oxygen atoms in total. The van der Waals surface area contributed by atoms with Crippen LogP contribution in [0, 0.1) is 5.92 Å². The Hall–Kier alpha value is -3.26. The van der Waals surface area contributed by atoms with E-state index in [0.717, 1.165) is 0 Å². The highest BCUT2D eigenvalue weighted by Gasteiger charge is 2.26. The van der Waals surface area contributed by atoms with Crippen LogP contribution >= 0.6 is 0 Å². The highest BCUT2D eigenvalue weighted by atomic mass is 16.5. The fourth-order valence-corrected chi connectivity index (χ4v) is 3.62. The van der Waals surface area contributed by atoms with Gasteiger partial charge in [-0.15, -0.1) is 0 Å². The molecule has 166 valence electrons. The van der Waals surface area contributed by atoms with Crippen LogP contribution in [0.25, 0.3) is 0 Å². The van der Waals surface area contributed by atoms with Crippen molar-refractivity contribution in [3.63, 3.8) is 0 Å². The number of carbonyl (C=O) groups is 2. The number of rotatable bonds is 8. The fraction of sp³-hybridized carbons (Fsp3) is 0.391. The number of hydrogen-bond donors (Lipinski definition) is 2. The van der Waals surface area contributed by atoms with Gasteiger partial charge in [-0.25, -0.2) is 0 Å². The summed E-state index contributed by atoms with van der Waals surface area (Å²) < 4.78 is 15.8. The predicted octanol–water partition coefficient (Wildman–Crippen LogP) is 3.00. The quantitative estimate of drug-likeness (QED) is 0.673. The molecule has 0 saturated carbocycles. The van der Waals surface area contributed by atoms with Crippen LogP contribution in [0.4, 0.5) is 11.4 Å². The number of anilines is 2. The van der Waals surface area contributed by atoms with Gasteiger partial charge in [0.1, 0.15) is 17.2 Å². The molecule has 1 aliphatic rings. The second kappa shape index (κ2) is 10.7. The molecule has 0 aromatic heterocycles. The molecule has 2 amide bonds. The van der Waals surface area contributed by atoms with E-state index in [9.17, 15) is 9.59 Å². The van der Waals surface area contributed by atoms with Gasteiger partial charge in [-0.2, -0.15) is 0 Å². The Morgan fingerprint density at radius 1 is 0.935 bits per heavy atom. The van der Waals surface area contributed by atoms with Crippen molar-refractivity contribution in [2.75, 3.05) is 51.6 Å². The topological polar surface area (TPSA) is 89.1 Å². The van der Waals surface area contributed by atoms with E-state index in [1.165, 1.54) is 0 Å². The van der Waals surface area contributed by atoms with Crippen LogP contribution in [-0.2, 0) is 9.59 Å². The summed E-state index contributed by atoms with van der Waals surface area (Å²) in [5.74, 6) is 1.63. The standard InChI is InChI=1S/C23H29N3O5/c1-29-18-12-17(13-19(14-18)30-2)24-22(27)15-26-10-8-16(9-11-26)23(28)25-20-6-4-5-7-21(20)31-3/h4-7,12-14,16H,8-11,15H2,1-3H3,(H,24,27)(H,25,28). The van der Waals surface area contributed by atoms with Crippen LogP contribution in [0.5, 0.6) is 17.2 Å². The maximum Gasteiger partial charge on any atom is 0.238 e. The van der Waals surface area contributed by atoms with Crippen LogP contribution in [-0.4, -0.2) is 57.7 Å². The highest BCUT2D eigenvalue weighted by Crippen LogP contribution is 2.27. The maximum atomic E-state index is 12.6. The summed E-state index contributed by atoms with van der Waals surface area (Å²) in [6.07, 6.45) is 1.39. The molecule has 3 rings (SSSR count). The van der Waals surface area contributed by atoms with Gasteiger partial charge in [-0.3, -0.25) is 14.5 Å². The molecule has 1 saturated heterocycles. The molecule has 2 aromatic rings. The fourth-order valence-electron chi connectivity index (χ4n) is 3.62. The van der Waals surface area contributed by atoms with Crippen LogP contribution in [0.15, 0.2) is 42.5 Å². The number of hydrogen-bond acceptors (Lipinski definition) is 6. The lowest BCUT2D eigenvalue weighted by atomic mass is 9.95. The Morgan fingerprint density at radius 3 is 2.19 bits per heavy atom. The van der Waals surface area contributed by atoms with Gasteiger partial charge in [0, 0.05) is 29.8 Å². The monoisotopic (exact) mass is 427 g/mol. The van der Waals surface area contributed by atoms with Gasteiger partial charge in [0.05, 0.1) is 33.6 Å². The molecule has 0 radical (unpaired) electrons. The molecule has 0 atom stereocenters. The first-order valence-electron chi connectivity index (χ1n) is 10.2. The minimum Gasteiger partial charge on any atom is -0.497 e. The number of para-hydroxylation sites is 2. The Kier molecular flexibility index (Phi) is 7.72. The second-order valence-electron chi connectivity index (χ2n) is 7.39. The molecule has 0 aliphatic carbocycles. The van der Waals surface area contributed by atoms with Gasteiger partial charge in [0.2, 0.25) is 11.8 Å². The average molecular weight is 428 g/mol. The summed E-state index contributed by atoms with van der Waals surface area (Å²) in [6, 6.07) is 12.6. The Labute approximate surface area is 182 Å². The Morgan fingerprint density at radius 2 is 1.58 bits per heavy atom. The Balaban J connectivity index is 1.48. The predicted molar refractivity (Wildman–Crippen MR) is 119 cm³/mol. The van der Waals surface area contributed by atoms with Crippen molar-refractivity contribution < 1.29 is 23.8 Å². The van der Waals surface area contributed by atoms with Gasteiger partial charge >= 0.3 is 0 Å². The number of benzene rings is 2. The largest absolute Gasteiger partial charge is 0.497 e. The van der Waals surface area contributed by atoms with E-state index < -0.39 is 0 Å². The van der Waals surface area contributed by atoms with Gasteiger partial charge in [0.15, 0.2) is 0 Å². The van der Waals surface area contributed by atoms with Crippen molar-refractivity contribution in [3.05, 3.63) is 42.5 Å². The lowest BCUT2D eigenvalue weighted by Crippen LogP contribution is -2.41. The number of nitrogens with one attached hydrogen (secondary N) is 2. The average Bonchev–Trinajstić information content (AvgIpc) is 2.79. The van der Waals surface area contributed by atoms with Crippen molar-refractivity contribution in [1.29, 1.82) is 0 Å². The zero-order valence-electron chi connectivity index (χ0n) is 18.1. The molecule has 2 N–H and O–H groups in total. The van der Waals surface area contributed by atoms with Gasteiger partial charge in [-0.05, 0) is 38.1 Å². The summed E-state index contributed by atoms with van der Waals surface area (Å²) in [5, 5.41) is 5.84. The minimum atomic E-state index is -0.118. The van der Waals surface area contributed by atoms with E-state index in [4.69, 9.17) is 14.2 Å². The van der Waals surface area contributed by atoms with Crippen LogP contribution in [0.1, 0.15) is 12.8 Å². The highest BCUT2D eigenvalue weighted by molar-refractivity contribution is 5.94. The van der Waals surface area contributed by atoms with Crippen molar-refractivity contribution in [2.24, 2.45) is 5.92 Å². The van der Waals surface area contributed by atoms with Crippen molar-refractivity contribution in [3.8, 4) is 17.2 Å². The number of amides is 2. The molecule has 0 unspecified atom stereocenters. The molecule has 1 aliphatic heterocycles. The van der Waals surface area contributed by atoms with Gasteiger partial charge in [0.25, 0.3) is 0 Å². The number of ether oxygens (including phenoxy) is 3. The SMILES string of the molecule is COc1cc(NC(=O)CN2CCC(C(=O)Nc3ccccc3OC)CC2)cc(OC)c1. The van der Waals surface area contributed by atoms with Crippen molar-refractivity contribution in [2.45, 2.75) is 12.8 Å². The molecular weight excluding hydrogens is 398 g/mol. The molecule has 31 heavy (non-hydrogen) atoms. The van der Waals surface area contributed by atoms with Crippen LogP contribution < -0.4 is 24.8 Å². The minimum absolute atomic E-state index is 0.0166. The molecule has 1 heterocycles. The molecule has 1 fully saturated rings. The van der Waals surface area contributed by atoms with Gasteiger partial charge < -0.3 is 24.8 Å². The van der Waals surface area contributed by atoms with Crippen molar-refractivity contribution >= 4 is 23.2 Å². The first-order chi connectivity index (χ1) is 15.0. The van der Waals surface area contributed by atoms with E-state index in [0.29, 0.717) is 54.6 Å². The lowest BCUT2D eigenvalue weighted by Gasteiger charge is -2.30. The maximum absolute atomic E-state index is 12.6. The summed E-state index contributed by atoms with van der Waals surface area (Å²) >= 11 is 0. The second-order valence-corrected chi connectivity index (χ2v) is 7.39. The number of methoxy groups -OCH3 is 3. The smallest absolute Gasteiger partial charge is 0.238 e. The van der Waals surface area contributed by atoms with E-state index in [2.05, 4.69) is 15.5 Å². The van der Waals surface area contributed by atoms with E-state index >= 15 is 0 Å².